The van der Waals surface area contributed by atoms with Crippen LogP contribution in [0, 0.1) is 0 Å². The molecule has 0 aliphatic heterocycles. The zero-order chi connectivity index (χ0) is 5.11. The maximum absolute atomic E-state index is 2.36. The zero-order valence-corrected chi connectivity index (χ0v) is 6.71. The van der Waals surface area contributed by atoms with Crippen molar-refractivity contribution in [3.05, 3.63) is 0 Å². The summed E-state index contributed by atoms with van der Waals surface area (Å²) in [7, 11) is 0. The van der Waals surface area contributed by atoms with E-state index in [1.807, 2.05) is 0 Å². The molecule has 1 fully saturated rings. The Morgan fingerprint density at radius 2 is 1.57 bits per heavy atom. The van der Waals surface area contributed by atoms with Crippen LogP contribution >= 0.6 is 0 Å². The van der Waals surface area contributed by atoms with E-state index in [-0.39, 0.29) is 0 Å². The minimum atomic E-state index is 1.04. The molecule has 39 valence electrons. The molecule has 0 aromatic carbocycles. The van der Waals surface area contributed by atoms with Crippen LogP contribution in [0.3, 0.4) is 0 Å². The maximum atomic E-state index is 2.36. The molecule has 1 saturated carbocycles. The average Bonchev–Trinajstić information content (AvgIpc) is 1.69. The summed E-state index contributed by atoms with van der Waals surface area (Å²) in [5.74, 6) is 0. The predicted octanol–water partition coefficient (Wildman–Crippen LogP) is 1.91. The monoisotopic (exact) mass is 157 g/mol. The molecule has 0 unspecified atom stereocenters. The Bertz CT molecular complexity index is 46.1. The second-order valence-electron chi connectivity index (χ2n) is 2.33. The minimum absolute atomic E-state index is 1.04. The molecule has 0 nitrogen and oxygen atoms in total. The quantitative estimate of drug-likeness (QED) is 0.469. The summed E-state index contributed by atoms with van der Waals surface area (Å²) < 4.78 is 1.04. The van der Waals surface area contributed by atoms with Crippen molar-refractivity contribution in [1.29, 1.82) is 0 Å². The van der Waals surface area contributed by atoms with Gasteiger partial charge in [0.25, 0.3) is 0 Å². The summed E-state index contributed by atoms with van der Waals surface area (Å²) in [6.45, 7) is 0. The molecule has 0 atom stereocenters. The molecule has 1 heteroatoms. The summed E-state index contributed by atoms with van der Waals surface area (Å²) >= 11 is 2.36. The fourth-order valence-electron chi connectivity index (χ4n) is 1.10. The number of hydrogen-bond donors (Lipinski definition) is 0. The first-order valence-corrected chi connectivity index (χ1v) is 4.32. The molecule has 0 spiro atoms. The van der Waals surface area contributed by atoms with Gasteiger partial charge >= 0.3 is 53.4 Å². The fraction of sp³-hybridized carbons (Fsp3) is 1.00. The number of hydrogen-bond acceptors (Lipinski definition) is 0. The molecule has 1 rings (SSSR count). The van der Waals surface area contributed by atoms with Crippen molar-refractivity contribution < 1.29 is 0 Å². The van der Waals surface area contributed by atoms with Crippen molar-refractivity contribution in [2.75, 3.05) is 0 Å². The molecule has 1 aliphatic rings. The number of rotatable bonds is 0. The molecule has 0 N–H and O–H groups in total. The van der Waals surface area contributed by atoms with Gasteiger partial charge in [0.2, 0.25) is 0 Å². The van der Waals surface area contributed by atoms with E-state index >= 15 is 0 Å². The Labute approximate surface area is 53.9 Å². The van der Waals surface area contributed by atoms with Crippen LogP contribution in [0.25, 0.3) is 0 Å². The molecule has 0 heterocycles. The first kappa shape index (κ1) is 5.68. The predicted molar refractivity (Wildman–Crippen MR) is 32.6 cm³/mol. The first-order chi connectivity index (χ1) is 3.39. The van der Waals surface area contributed by atoms with Crippen LogP contribution in [0.1, 0.15) is 32.1 Å². The van der Waals surface area contributed by atoms with Crippen LogP contribution < -0.4 is 0 Å². The Morgan fingerprint density at radius 3 is 1.86 bits per heavy atom. The van der Waals surface area contributed by atoms with Gasteiger partial charge in [-0.25, -0.2) is 0 Å². The molecule has 0 bridgehead atoms. The van der Waals surface area contributed by atoms with Crippen LogP contribution in [0.2, 0.25) is 4.75 Å². The Morgan fingerprint density at radius 1 is 1.00 bits per heavy atom. The first-order valence-electron chi connectivity index (χ1n) is 3.11. The third kappa shape index (κ3) is 1.85. The van der Waals surface area contributed by atoms with E-state index in [9.17, 15) is 0 Å². The SMILES string of the molecule is [Ge][CH]1CCCCC1. The van der Waals surface area contributed by atoms with Gasteiger partial charge in [-0.1, -0.05) is 0 Å². The molecule has 0 saturated heterocycles. The third-order valence-corrected chi connectivity index (χ3v) is 2.82. The van der Waals surface area contributed by atoms with Crippen molar-refractivity contribution in [3.8, 4) is 0 Å². The Balaban J connectivity index is 2.12. The standard InChI is InChI=1S/C6H11Ge/c7-6-4-2-1-3-5-6/h6H,1-5H2. The van der Waals surface area contributed by atoms with Crippen molar-refractivity contribution in [2.45, 2.75) is 36.9 Å². The molecular formula is C6H11Ge. The summed E-state index contributed by atoms with van der Waals surface area (Å²) in [6, 6.07) is 0. The summed E-state index contributed by atoms with van der Waals surface area (Å²) in [5, 5.41) is 0. The summed E-state index contributed by atoms with van der Waals surface area (Å²) in [5.41, 5.74) is 0. The van der Waals surface area contributed by atoms with E-state index < -0.39 is 0 Å². The van der Waals surface area contributed by atoms with Gasteiger partial charge in [0.1, 0.15) is 0 Å². The van der Waals surface area contributed by atoms with Crippen LogP contribution in [-0.2, 0) is 0 Å². The van der Waals surface area contributed by atoms with Gasteiger partial charge in [-0.3, -0.25) is 0 Å². The van der Waals surface area contributed by atoms with Crippen LogP contribution in [0.5, 0.6) is 0 Å². The molecule has 1 aliphatic carbocycles. The van der Waals surface area contributed by atoms with Crippen LogP contribution in [0.4, 0.5) is 0 Å². The van der Waals surface area contributed by atoms with E-state index in [4.69, 9.17) is 0 Å². The van der Waals surface area contributed by atoms with Crippen molar-refractivity contribution in [2.24, 2.45) is 0 Å². The molecule has 3 radical (unpaired) electrons. The topological polar surface area (TPSA) is 0 Å². The molecule has 7 heavy (non-hydrogen) atoms. The van der Waals surface area contributed by atoms with Gasteiger partial charge in [0, 0.05) is 0 Å². The van der Waals surface area contributed by atoms with Gasteiger partial charge < -0.3 is 0 Å². The normalized spacial score (nSPS) is 25.3. The van der Waals surface area contributed by atoms with E-state index in [0.717, 1.165) is 4.75 Å². The van der Waals surface area contributed by atoms with E-state index in [0.29, 0.717) is 0 Å². The molecular weight excluding hydrogens is 145 g/mol. The molecule has 0 amide bonds. The molecule has 0 aromatic heterocycles. The summed E-state index contributed by atoms with van der Waals surface area (Å²) in [6.07, 6.45) is 7.44. The van der Waals surface area contributed by atoms with E-state index in [2.05, 4.69) is 16.5 Å². The van der Waals surface area contributed by atoms with Gasteiger partial charge in [-0.2, -0.15) is 0 Å². The second kappa shape index (κ2) is 2.75. The Hall–Kier alpha value is 0.543. The van der Waals surface area contributed by atoms with Crippen LogP contribution in [-0.4, -0.2) is 16.5 Å². The average molecular weight is 156 g/mol. The Kier molecular flexibility index (Phi) is 2.23. The van der Waals surface area contributed by atoms with Crippen molar-refractivity contribution >= 4 is 16.5 Å². The van der Waals surface area contributed by atoms with E-state index in [1.165, 1.54) is 32.1 Å². The fourth-order valence-corrected chi connectivity index (χ4v) is 1.96. The van der Waals surface area contributed by atoms with Gasteiger partial charge in [0.15, 0.2) is 0 Å². The van der Waals surface area contributed by atoms with Gasteiger partial charge in [-0.15, -0.1) is 0 Å². The van der Waals surface area contributed by atoms with Gasteiger partial charge in [0.05, 0.1) is 0 Å². The molecule has 0 aromatic rings. The second-order valence-corrected chi connectivity index (χ2v) is 4.05. The zero-order valence-electron chi connectivity index (χ0n) is 4.61. The van der Waals surface area contributed by atoms with E-state index in [1.54, 1.807) is 0 Å². The van der Waals surface area contributed by atoms with Gasteiger partial charge in [-0.05, 0) is 0 Å². The third-order valence-electron chi connectivity index (χ3n) is 1.61. The van der Waals surface area contributed by atoms with Crippen molar-refractivity contribution in [1.82, 2.24) is 0 Å². The van der Waals surface area contributed by atoms with Crippen LogP contribution in [0.15, 0.2) is 0 Å². The summed E-state index contributed by atoms with van der Waals surface area (Å²) in [4.78, 5) is 0. The van der Waals surface area contributed by atoms with Crippen molar-refractivity contribution in [3.63, 3.8) is 0 Å².